The van der Waals surface area contributed by atoms with Crippen LogP contribution in [0.1, 0.15) is 23.6 Å². The van der Waals surface area contributed by atoms with Crippen LogP contribution in [0.5, 0.6) is 5.75 Å². The fraction of sp³-hybridized carbons (Fsp3) is 0.278. The zero-order chi connectivity index (χ0) is 18.6. The second kappa shape index (κ2) is 8.33. The highest BCUT2D eigenvalue weighted by Gasteiger charge is 2.19. The zero-order valence-electron chi connectivity index (χ0n) is 14.6. The molecule has 0 atom stereocenters. The first-order valence-electron chi connectivity index (χ1n) is 7.92. The van der Waals surface area contributed by atoms with E-state index in [1.54, 1.807) is 6.07 Å². The Morgan fingerprint density at radius 1 is 1.24 bits per heavy atom. The van der Waals surface area contributed by atoms with Crippen molar-refractivity contribution in [1.29, 1.82) is 0 Å². The highest BCUT2D eigenvalue weighted by molar-refractivity contribution is 9.10. The van der Waals surface area contributed by atoms with E-state index in [0.29, 0.717) is 5.69 Å². The Balaban J connectivity index is 2.33. The third-order valence-electron chi connectivity index (χ3n) is 3.86. The van der Waals surface area contributed by atoms with Gasteiger partial charge in [0.15, 0.2) is 0 Å². The molecule has 6 nitrogen and oxygen atoms in total. The molecule has 0 aliphatic heterocycles. The van der Waals surface area contributed by atoms with E-state index in [2.05, 4.69) is 15.9 Å². The summed E-state index contributed by atoms with van der Waals surface area (Å²) in [4.78, 5) is 12.1. The topological polar surface area (TPSA) is 84.8 Å². The van der Waals surface area contributed by atoms with Crippen LogP contribution in [0.25, 0.3) is 0 Å². The number of halogens is 1. The number of hydrogen-bond acceptors (Lipinski definition) is 4. The van der Waals surface area contributed by atoms with Gasteiger partial charge in [0.1, 0.15) is 12.4 Å². The van der Waals surface area contributed by atoms with Gasteiger partial charge in [-0.05, 0) is 58.6 Å². The van der Waals surface area contributed by atoms with Crippen molar-refractivity contribution in [2.24, 2.45) is 11.7 Å². The highest BCUT2D eigenvalue weighted by atomic mass is 79.9. The molecular weight excluding hydrogens is 384 g/mol. The second-order valence-electron chi connectivity index (χ2n) is 5.75. The van der Waals surface area contributed by atoms with Gasteiger partial charge in [0, 0.05) is 12.6 Å². The number of anilines is 1. The molecule has 0 heterocycles. The lowest BCUT2D eigenvalue weighted by Gasteiger charge is -2.24. The van der Waals surface area contributed by atoms with Gasteiger partial charge < -0.3 is 4.74 Å². The predicted molar refractivity (Wildman–Crippen MR) is 103 cm³/mol. The number of amides is 2. The van der Waals surface area contributed by atoms with E-state index >= 15 is 0 Å². The van der Waals surface area contributed by atoms with Crippen LogP contribution in [0.15, 0.2) is 40.9 Å². The number of aryl methyl sites for hydroxylation is 2. The van der Waals surface area contributed by atoms with E-state index in [1.807, 2.05) is 44.2 Å². The first-order valence-corrected chi connectivity index (χ1v) is 8.71. The van der Waals surface area contributed by atoms with Gasteiger partial charge in [-0.3, -0.25) is 5.01 Å². The van der Waals surface area contributed by atoms with E-state index < -0.39 is 6.03 Å². The second-order valence-corrected chi connectivity index (χ2v) is 6.61. The molecule has 0 unspecified atom stereocenters. The van der Waals surface area contributed by atoms with Crippen molar-refractivity contribution >= 4 is 27.6 Å². The Labute approximate surface area is 156 Å². The molecule has 2 amide bonds. The molecule has 2 rings (SSSR count). The quantitative estimate of drug-likeness (QED) is 0.451. The SMILES string of the molecule is CCc1cccc(N(N)C(=O)N(C)N)c1COc1ccc(C)cc1Br. The summed E-state index contributed by atoms with van der Waals surface area (Å²) in [5, 5.41) is 1.99. The van der Waals surface area contributed by atoms with E-state index in [0.717, 1.165) is 43.4 Å². The number of rotatable bonds is 5. The Kier molecular flexibility index (Phi) is 6.41. The van der Waals surface area contributed by atoms with Crippen molar-refractivity contribution in [2.45, 2.75) is 26.9 Å². The molecule has 0 bridgehead atoms. The summed E-state index contributed by atoms with van der Waals surface area (Å²) in [7, 11) is 1.45. The zero-order valence-corrected chi connectivity index (χ0v) is 16.2. The Morgan fingerprint density at radius 2 is 1.96 bits per heavy atom. The fourth-order valence-corrected chi connectivity index (χ4v) is 3.10. The lowest BCUT2D eigenvalue weighted by molar-refractivity contribution is 0.216. The monoisotopic (exact) mass is 406 g/mol. The minimum absolute atomic E-state index is 0.288. The molecule has 0 saturated carbocycles. The number of nitrogens with zero attached hydrogens (tertiary/aromatic N) is 2. The molecule has 0 radical (unpaired) electrons. The third kappa shape index (κ3) is 4.50. The molecule has 25 heavy (non-hydrogen) atoms. The fourth-order valence-electron chi connectivity index (χ4n) is 2.49. The van der Waals surface area contributed by atoms with Gasteiger partial charge in [-0.15, -0.1) is 0 Å². The van der Waals surface area contributed by atoms with E-state index in [4.69, 9.17) is 16.4 Å². The molecule has 0 fully saturated rings. The predicted octanol–water partition coefficient (Wildman–Crippen LogP) is 3.50. The van der Waals surface area contributed by atoms with Gasteiger partial charge in [0.2, 0.25) is 0 Å². The van der Waals surface area contributed by atoms with Crippen LogP contribution in [0.2, 0.25) is 0 Å². The molecule has 0 aliphatic rings. The third-order valence-corrected chi connectivity index (χ3v) is 4.48. The average molecular weight is 407 g/mol. The lowest BCUT2D eigenvalue weighted by Crippen LogP contribution is -2.49. The standard InChI is InChI=1S/C18H23BrN4O2/c1-4-13-6-5-7-16(23(21)18(24)22(3)20)14(13)11-25-17-9-8-12(2)10-15(17)19/h5-10H,4,11,20-21H2,1-3H3. The molecule has 0 spiro atoms. The molecule has 2 aromatic rings. The number of hydrazine groups is 2. The minimum Gasteiger partial charge on any atom is -0.488 e. The number of benzene rings is 2. The molecule has 7 heteroatoms. The Hall–Kier alpha value is -2.09. The van der Waals surface area contributed by atoms with Crippen LogP contribution < -0.4 is 21.4 Å². The van der Waals surface area contributed by atoms with E-state index in [-0.39, 0.29) is 6.61 Å². The van der Waals surface area contributed by atoms with Crippen LogP contribution in [0.3, 0.4) is 0 Å². The molecular formula is C18H23BrN4O2. The summed E-state index contributed by atoms with van der Waals surface area (Å²) in [5.74, 6) is 12.2. The normalized spacial score (nSPS) is 10.5. The van der Waals surface area contributed by atoms with E-state index in [9.17, 15) is 4.79 Å². The summed E-state index contributed by atoms with van der Waals surface area (Å²) in [6.45, 7) is 4.35. The average Bonchev–Trinajstić information content (AvgIpc) is 2.59. The number of hydrogen-bond donors (Lipinski definition) is 2. The van der Waals surface area contributed by atoms with E-state index in [1.165, 1.54) is 7.05 Å². The van der Waals surface area contributed by atoms with Gasteiger partial charge >= 0.3 is 6.03 Å². The van der Waals surface area contributed by atoms with Crippen LogP contribution >= 0.6 is 15.9 Å². The maximum atomic E-state index is 12.1. The van der Waals surface area contributed by atoms with Crippen LogP contribution in [0.4, 0.5) is 10.5 Å². The van der Waals surface area contributed by atoms with Gasteiger partial charge in [-0.25, -0.2) is 21.5 Å². The molecule has 2 aromatic carbocycles. The molecule has 0 aliphatic carbocycles. The first-order chi connectivity index (χ1) is 11.8. The Morgan fingerprint density at radius 3 is 2.56 bits per heavy atom. The lowest BCUT2D eigenvalue weighted by atomic mass is 10.0. The number of nitrogens with two attached hydrogens (primary N) is 2. The molecule has 0 saturated heterocycles. The summed E-state index contributed by atoms with van der Waals surface area (Å²) in [6, 6.07) is 11.0. The smallest absolute Gasteiger partial charge is 0.352 e. The number of carbonyl (C=O) groups is 1. The van der Waals surface area contributed by atoms with Gasteiger partial charge in [0.05, 0.1) is 10.2 Å². The van der Waals surface area contributed by atoms with Gasteiger partial charge in [-0.2, -0.15) is 0 Å². The van der Waals surface area contributed by atoms with Crippen molar-refractivity contribution in [3.63, 3.8) is 0 Å². The summed E-state index contributed by atoms with van der Waals surface area (Å²) in [5.41, 5.74) is 3.63. The van der Waals surface area contributed by atoms with Crippen molar-refractivity contribution in [2.75, 3.05) is 12.1 Å². The van der Waals surface area contributed by atoms with Crippen molar-refractivity contribution in [3.05, 3.63) is 57.6 Å². The minimum atomic E-state index is -0.508. The maximum Gasteiger partial charge on any atom is 0.352 e. The van der Waals surface area contributed by atoms with Crippen LogP contribution in [0, 0.1) is 6.92 Å². The molecule has 0 aromatic heterocycles. The largest absolute Gasteiger partial charge is 0.488 e. The summed E-state index contributed by atoms with van der Waals surface area (Å²) < 4.78 is 6.85. The van der Waals surface area contributed by atoms with Crippen molar-refractivity contribution in [3.8, 4) is 5.75 Å². The summed E-state index contributed by atoms with van der Waals surface area (Å²) in [6.07, 6.45) is 0.794. The van der Waals surface area contributed by atoms with Gasteiger partial charge in [-0.1, -0.05) is 25.1 Å². The van der Waals surface area contributed by atoms with Crippen LogP contribution in [-0.2, 0) is 13.0 Å². The maximum absolute atomic E-state index is 12.1. The van der Waals surface area contributed by atoms with Gasteiger partial charge in [0.25, 0.3) is 0 Å². The van der Waals surface area contributed by atoms with Crippen LogP contribution in [-0.4, -0.2) is 18.1 Å². The highest BCUT2D eigenvalue weighted by Crippen LogP contribution is 2.29. The number of urea groups is 1. The molecule has 4 N–H and O–H groups in total. The van der Waals surface area contributed by atoms with Crippen molar-refractivity contribution < 1.29 is 9.53 Å². The van der Waals surface area contributed by atoms with Crippen molar-refractivity contribution in [1.82, 2.24) is 5.01 Å². The number of ether oxygens (including phenoxy) is 1. The first kappa shape index (κ1) is 19.2. The molecule has 134 valence electrons. The Bertz CT molecular complexity index is 765. The number of carbonyl (C=O) groups excluding carboxylic acids is 1. The summed E-state index contributed by atoms with van der Waals surface area (Å²) >= 11 is 3.51.